The van der Waals surface area contributed by atoms with E-state index in [4.69, 9.17) is 4.74 Å². The summed E-state index contributed by atoms with van der Waals surface area (Å²) >= 11 is 0. The van der Waals surface area contributed by atoms with Gasteiger partial charge in [-0.1, -0.05) is 20.8 Å². The maximum atomic E-state index is 11.2. The van der Waals surface area contributed by atoms with Crippen LogP contribution in [0.3, 0.4) is 0 Å². The van der Waals surface area contributed by atoms with Gasteiger partial charge < -0.3 is 10.1 Å². The Bertz CT molecular complexity index is 477. The highest BCUT2D eigenvalue weighted by Crippen LogP contribution is 2.32. The molecule has 1 aromatic heterocycles. The number of methoxy groups -OCH3 is 1. The highest BCUT2D eigenvalue weighted by atomic mass is 16.6. The fourth-order valence-corrected chi connectivity index (χ4v) is 1.68. The molecule has 0 bridgehead atoms. The largest absolute Gasteiger partial charge is 0.476 e. The predicted molar refractivity (Wildman–Crippen MR) is 77.2 cm³/mol. The molecule has 1 unspecified atom stereocenters. The topological polar surface area (TPSA) is 90.2 Å². The number of aromatic nitrogens is 2. The summed E-state index contributed by atoms with van der Waals surface area (Å²) in [6, 6.07) is 0.0835. The highest BCUT2D eigenvalue weighted by molar-refractivity contribution is 5.62. The number of hydrogen-bond acceptors (Lipinski definition) is 6. The molecule has 1 N–H and O–H groups in total. The van der Waals surface area contributed by atoms with Crippen molar-refractivity contribution in [2.24, 2.45) is 5.92 Å². The number of nitrogens with one attached hydrogen (secondary N) is 1. The van der Waals surface area contributed by atoms with Gasteiger partial charge in [0.05, 0.1) is 12.0 Å². The van der Waals surface area contributed by atoms with Gasteiger partial charge >= 0.3 is 5.69 Å². The van der Waals surface area contributed by atoms with Gasteiger partial charge in [0.15, 0.2) is 0 Å². The van der Waals surface area contributed by atoms with Crippen molar-refractivity contribution in [3.05, 3.63) is 15.9 Å². The first-order chi connectivity index (χ1) is 9.38. The summed E-state index contributed by atoms with van der Waals surface area (Å²) in [5.41, 5.74) is -0.208. The van der Waals surface area contributed by atoms with E-state index >= 15 is 0 Å². The molecule has 7 heteroatoms. The van der Waals surface area contributed by atoms with E-state index in [2.05, 4.69) is 15.3 Å². The lowest BCUT2D eigenvalue weighted by Gasteiger charge is -2.14. The monoisotopic (exact) mass is 282 g/mol. The van der Waals surface area contributed by atoms with Crippen molar-refractivity contribution >= 4 is 11.5 Å². The van der Waals surface area contributed by atoms with E-state index in [1.54, 1.807) is 0 Å². The van der Waals surface area contributed by atoms with Gasteiger partial charge in [0, 0.05) is 12.5 Å². The Balaban J connectivity index is 3.29. The van der Waals surface area contributed by atoms with Crippen LogP contribution in [0.5, 0.6) is 5.88 Å². The zero-order chi connectivity index (χ0) is 15.3. The molecule has 0 spiro atoms. The highest BCUT2D eigenvalue weighted by Gasteiger charge is 2.26. The Kier molecular flexibility index (Phi) is 5.66. The molecule has 1 atom stereocenters. The third-order valence-corrected chi connectivity index (χ3v) is 2.86. The molecule has 0 amide bonds. The fraction of sp³-hybridized carbons (Fsp3) is 0.692. The number of hydrogen-bond donors (Lipinski definition) is 1. The molecule has 0 aliphatic heterocycles. The zero-order valence-electron chi connectivity index (χ0n) is 12.6. The average molecular weight is 282 g/mol. The SMILES string of the molecule is CCC(C)Nc1nc(CC(C)C)nc(OC)c1[N+](=O)[O-]. The van der Waals surface area contributed by atoms with Crippen LogP contribution in [-0.4, -0.2) is 28.0 Å². The van der Waals surface area contributed by atoms with Crippen LogP contribution in [0, 0.1) is 16.0 Å². The van der Waals surface area contributed by atoms with Crippen LogP contribution in [0.25, 0.3) is 0 Å². The summed E-state index contributed by atoms with van der Waals surface area (Å²) in [5, 5.41) is 14.3. The number of anilines is 1. The van der Waals surface area contributed by atoms with Crippen molar-refractivity contribution in [1.29, 1.82) is 0 Å². The normalized spacial score (nSPS) is 12.3. The second-order valence-electron chi connectivity index (χ2n) is 5.16. The molecule has 1 rings (SSSR count). The van der Waals surface area contributed by atoms with E-state index in [1.165, 1.54) is 7.11 Å². The number of nitro groups is 1. The molecule has 0 radical (unpaired) electrons. The summed E-state index contributed by atoms with van der Waals surface area (Å²) in [7, 11) is 1.38. The van der Waals surface area contributed by atoms with Gasteiger partial charge in [0.25, 0.3) is 5.88 Å². The lowest BCUT2D eigenvalue weighted by Crippen LogP contribution is -2.18. The number of nitrogens with zero attached hydrogens (tertiary/aromatic N) is 3. The predicted octanol–water partition coefficient (Wildman–Crippen LogP) is 2.80. The van der Waals surface area contributed by atoms with Gasteiger partial charge in [-0.05, 0) is 19.3 Å². The quantitative estimate of drug-likeness (QED) is 0.611. The molecule has 20 heavy (non-hydrogen) atoms. The summed E-state index contributed by atoms with van der Waals surface area (Å²) in [6.45, 7) is 8.02. The minimum atomic E-state index is -0.511. The van der Waals surface area contributed by atoms with Crippen LogP contribution in [0.4, 0.5) is 11.5 Å². The van der Waals surface area contributed by atoms with E-state index in [9.17, 15) is 10.1 Å². The van der Waals surface area contributed by atoms with E-state index in [-0.39, 0.29) is 23.4 Å². The minimum Gasteiger partial charge on any atom is -0.476 e. The maximum absolute atomic E-state index is 11.2. The molecule has 0 aromatic carbocycles. The summed E-state index contributed by atoms with van der Waals surface area (Å²) in [4.78, 5) is 19.1. The Morgan fingerprint density at radius 3 is 2.45 bits per heavy atom. The Morgan fingerprint density at radius 1 is 1.35 bits per heavy atom. The molecule has 7 nitrogen and oxygen atoms in total. The van der Waals surface area contributed by atoms with Gasteiger partial charge in [-0.15, -0.1) is 0 Å². The van der Waals surface area contributed by atoms with Crippen LogP contribution in [0.15, 0.2) is 0 Å². The standard InChI is InChI=1S/C13H22N4O3/c1-6-9(4)14-12-11(17(18)19)13(20-5)16-10(15-12)7-8(2)3/h8-9H,6-7H2,1-5H3,(H,14,15,16). The minimum absolute atomic E-state index is 0.00598. The van der Waals surface area contributed by atoms with E-state index in [0.717, 1.165) is 6.42 Å². The van der Waals surface area contributed by atoms with Gasteiger partial charge in [-0.3, -0.25) is 10.1 Å². The zero-order valence-corrected chi connectivity index (χ0v) is 12.6. The van der Waals surface area contributed by atoms with Crippen LogP contribution in [-0.2, 0) is 6.42 Å². The molecule has 1 aromatic rings. The molecular formula is C13H22N4O3. The summed E-state index contributed by atoms with van der Waals surface area (Å²) in [5.74, 6) is 1.14. The van der Waals surface area contributed by atoms with Gasteiger partial charge in [-0.25, -0.2) is 4.98 Å². The van der Waals surface area contributed by atoms with Crippen LogP contribution in [0.1, 0.15) is 39.9 Å². The molecule has 0 aliphatic carbocycles. The number of rotatable bonds is 7. The van der Waals surface area contributed by atoms with Crippen LogP contribution in [0.2, 0.25) is 0 Å². The molecule has 0 fully saturated rings. The van der Waals surface area contributed by atoms with E-state index in [1.807, 2.05) is 27.7 Å². The fourth-order valence-electron chi connectivity index (χ4n) is 1.68. The first-order valence-corrected chi connectivity index (χ1v) is 6.74. The van der Waals surface area contributed by atoms with Crippen molar-refractivity contribution in [3.63, 3.8) is 0 Å². The molecule has 0 saturated carbocycles. The third kappa shape index (κ3) is 4.04. The molecular weight excluding hydrogens is 260 g/mol. The van der Waals surface area contributed by atoms with E-state index < -0.39 is 4.92 Å². The van der Waals surface area contributed by atoms with Gasteiger partial charge in [0.1, 0.15) is 5.82 Å². The van der Waals surface area contributed by atoms with Crippen molar-refractivity contribution < 1.29 is 9.66 Å². The Hall–Kier alpha value is -1.92. The average Bonchev–Trinajstić information content (AvgIpc) is 2.36. The van der Waals surface area contributed by atoms with E-state index in [0.29, 0.717) is 18.2 Å². The molecule has 112 valence electrons. The van der Waals surface area contributed by atoms with Crippen molar-refractivity contribution in [3.8, 4) is 5.88 Å². The van der Waals surface area contributed by atoms with Gasteiger partial charge in [-0.2, -0.15) is 4.98 Å². The lowest BCUT2D eigenvalue weighted by molar-refractivity contribution is -0.385. The molecule has 0 saturated heterocycles. The number of ether oxygens (including phenoxy) is 1. The van der Waals surface area contributed by atoms with Crippen LogP contribution >= 0.6 is 0 Å². The first kappa shape index (κ1) is 16.1. The third-order valence-electron chi connectivity index (χ3n) is 2.86. The smallest absolute Gasteiger partial charge is 0.372 e. The second kappa shape index (κ2) is 7.02. The summed E-state index contributed by atoms with van der Waals surface area (Å²) < 4.78 is 5.05. The van der Waals surface area contributed by atoms with Crippen molar-refractivity contribution in [2.75, 3.05) is 12.4 Å². The van der Waals surface area contributed by atoms with Crippen molar-refractivity contribution in [1.82, 2.24) is 9.97 Å². The maximum Gasteiger partial charge on any atom is 0.372 e. The molecule has 1 heterocycles. The van der Waals surface area contributed by atoms with Crippen molar-refractivity contribution in [2.45, 2.75) is 46.6 Å². The van der Waals surface area contributed by atoms with Crippen LogP contribution < -0.4 is 10.1 Å². The Labute approximate surface area is 118 Å². The lowest BCUT2D eigenvalue weighted by atomic mass is 10.1. The first-order valence-electron chi connectivity index (χ1n) is 6.74. The Morgan fingerprint density at radius 2 is 2.00 bits per heavy atom. The summed E-state index contributed by atoms with van der Waals surface area (Å²) in [6.07, 6.45) is 1.48. The molecule has 0 aliphatic rings. The second-order valence-corrected chi connectivity index (χ2v) is 5.16. The van der Waals surface area contributed by atoms with Gasteiger partial charge in [0.2, 0.25) is 5.82 Å².